The van der Waals surface area contributed by atoms with Crippen LogP contribution >= 0.6 is 0 Å². The fraction of sp³-hybridized carbons (Fsp3) is 0.333. The number of nitro benzene ring substituents is 1. The molecular weight excluding hydrogens is 390 g/mol. The zero-order valence-corrected chi connectivity index (χ0v) is 17.1. The number of unbranched alkanes of at least 4 members (excludes halogenated alkanes) is 1. The first-order valence-electron chi connectivity index (χ1n) is 9.56. The van der Waals surface area contributed by atoms with E-state index in [1.165, 1.54) is 36.4 Å². The minimum Gasteiger partial charge on any atom is -0.489 e. The van der Waals surface area contributed by atoms with E-state index in [4.69, 9.17) is 15.2 Å². The molecule has 0 heterocycles. The van der Waals surface area contributed by atoms with Crippen LogP contribution in [0.1, 0.15) is 54.3 Å². The summed E-state index contributed by atoms with van der Waals surface area (Å²) in [4.78, 5) is 34.9. The third-order valence-electron chi connectivity index (χ3n) is 4.05. The van der Waals surface area contributed by atoms with Gasteiger partial charge >= 0.3 is 5.69 Å². The molecule has 2 amide bonds. The van der Waals surface area contributed by atoms with Crippen LogP contribution in [0.25, 0.3) is 0 Å². The average Bonchev–Trinajstić information content (AvgIpc) is 2.68. The van der Waals surface area contributed by atoms with Gasteiger partial charge in [-0.3, -0.25) is 19.7 Å². The van der Waals surface area contributed by atoms with Gasteiger partial charge in [0.1, 0.15) is 5.75 Å². The van der Waals surface area contributed by atoms with E-state index >= 15 is 0 Å². The summed E-state index contributed by atoms with van der Waals surface area (Å²) in [5.41, 5.74) is 5.86. The Balaban J connectivity index is 2.31. The Morgan fingerprint density at radius 2 is 1.80 bits per heavy atom. The fourth-order valence-corrected chi connectivity index (χ4v) is 2.57. The number of carbonyl (C=O) groups is 2. The minimum atomic E-state index is -0.620. The summed E-state index contributed by atoms with van der Waals surface area (Å²) >= 11 is 0. The molecule has 0 unspecified atom stereocenters. The molecule has 2 aromatic rings. The molecule has 3 N–H and O–H groups in total. The van der Waals surface area contributed by atoms with Gasteiger partial charge < -0.3 is 20.5 Å². The van der Waals surface area contributed by atoms with E-state index < -0.39 is 16.7 Å². The summed E-state index contributed by atoms with van der Waals surface area (Å²) in [6.07, 6.45) is 1.39. The van der Waals surface area contributed by atoms with Gasteiger partial charge in [-0.1, -0.05) is 13.3 Å². The molecule has 0 saturated carbocycles. The Morgan fingerprint density at radius 3 is 2.40 bits per heavy atom. The molecule has 0 saturated heterocycles. The summed E-state index contributed by atoms with van der Waals surface area (Å²) in [5.74, 6) is -0.809. The molecule has 9 nitrogen and oxygen atoms in total. The number of carbonyl (C=O) groups excluding carboxylic acids is 2. The van der Waals surface area contributed by atoms with Crippen LogP contribution in [0.15, 0.2) is 36.4 Å². The van der Waals surface area contributed by atoms with Crippen LogP contribution in [-0.4, -0.2) is 29.4 Å². The topological polar surface area (TPSA) is 134 Å². The van der Waals surface area contributed by atoms with Crippen molar-refractivity contribution in [3.8, 4) is 11.5 Å². The van der Waals surface area contributed by atoms with E-state index in [9.17, 15) is 19.7 Å². The van der Waals surface area contributed by atoms with Gasteiger partial charge in [0.05, 0.1) is 23.3 Å². The number of benzene rings is 2. The standard InChI is InChI=1S/C21H25N3O6/c1-4-5-10-29-19-12-15(7-9-17(19)24(27)28)21(26)23-16-8-6-14(20(22)25)11-18(16)30-13(2)3/h6-9,11-13H,4-5,10H2,1-3H3,(H2,22,25)(H,23,26). The monoisotopic (exact) mass is 415 g/mol. The van der Waals surface area contributed by atoms with Gasteiger partial charge in [-0.2, -0.15) is 0 Å². The SMILES string of the molecule is CCCCOc1cc(C(=O)Nc2ccc(C(N)=O)cc2OC(C)C)ccc1[N+](=O)[O-]. The second kappa shape index (κ2) is 10.2. The first kappa shape index (κ1) is 22.7. The number of ether oxygens (including phenoxy) is 2. The van der Waals surface area contributed by atoms with Crippen molar-refractivity contribution in [2.24, 2.45) is 5.73 Å². The Morgan fingerprint density at radius 1 is 1.13 bits per heavy atom. The highest BCUT2D eigenvalue weighted by atomic mass is 16.6. The third kappa shape index (κ3) is 5.94. The summed E-state index contributed by atoms with van der Waals surface area (Å²) < 4.78 is 11.2. The number of nitrogens with zero attached hydrogens (tertiary/aromatic N) is 1. The van der Waals surface area contributed by atoms with Crippen molar-refractivity contribution >= 4 is 23.2 Å². The average molecular weight is 415 g/mol. The van der Waals surface area contributed by atoms with E-state index in [2.05, 4.69) is 5.32 Å². The smallest absolute Gasteiger partial charge is 0.310 e. The maximum absolute atomic E-state index is 12.8. The van der Waals surface area contributed by atoms with Crippen molar-refractivity contribution in [2.45, 2.75) is 39.7 Å². The van der Waals surface area contributed by atoms with E-state index in [0.717, 1.165) is 12.8 Å². The summed E-state index contributed by atoms with van der Waals surface area (Å²) in [6.45, 7) is 5.89. The number of nitrogens with one attached hydrogen (secondary N) is 1. The Labute approximate surface area is 174 Å². The van der Waals surface area contributed by atoms with Crippen LogP contribution in [0.3, 0.4) is 0 Å². The van der Waals surface area contributed by atoms with Crippen LogP contribution in [0.2, 0.25) is 0 Å². The summed E-state index contributed by atoms with van der Waals surface area (Å²) in [5, 5.41) is 13.9. The number of hydrogen-bond acceptors (Lipinski definition) is 6. The molecule has 9 heteroatoms. The van der Waals surface area contributed by atoms with Crippen LogP contribution in [0.4, 0.5) is 11.4 Å². The lowest BCUT2D eigenvalue weighted by Crippen LogP contribution is -2.16. The van der Waals surface area contributed by atoms with Crippen molar-refractivity contribution in [3.05, 3.63) is 57.6 Å². The molecule has 0 aliphatic rings. The summed E-state index contributed by atoms with van der Waals surface area (Å²) in [6, 6.07) is 8.36. The number of hydrogen-bond donors (Lipinski definition) is 2. The number of rotatable bonds is 10. The van der Waals surface area contributed by atoms with E-state index in [1.807, 2.05) is 6.92 Å². The fourth-order valence-electron chi connectivity index (χ4n) is 2.57. The van der Waals surface area contributed by atoms with Crippen molar-refractivity contribution in [3.63, 3.8) is 0 Å². The lowest BCUT2D eigenvalue weighted by atomic mass is 10.1. The van der Waals surface area contributed by atoms with Gasteiger partial charge in [0.2, 0.25) is 5.91 Å². The molecule has 0 aromatic heterocycles. The van der Waals surface area contributed by atoms with Gasteiger partial charge in [0.15, 0.2) is 5.75 Å². The van der Waals surface area contributed by atoms with Crippen LogP contribution in [0.5, 0.6) is 11.5 Å². The molecule has 0 fully saturated rings. The van der Waals surface area contributed by atoms with E-state index in [1.54, 1.807) is 13.8 Å². The molecule has 0 bridgehead atoms. The highest BCUT2D eigenvalue weighted by Crippen LogP contribution is 2.30. The quantitative estimate of drug-likeness (QED) is 0.343. The van der Waals surface area contributed by atoms with Crippen LogP contribution in [0, 0.1) is 10.1 Å². The van der Waals surface area contributed by atoms with Gasteiger partial charge in [-0.15, -0.1) is 0 Å². The summed E-state index contributed by atoms with van der Waals surface area (Å²) in [7, 11) is 0. The Kier molecular flexibility index (Phi) is 7.74. The van der Waals surface area contributed by atoms with Crippen LogP contribution in [-0.2, 0) is 0 Å². The predicted octanol–water partition coefficient (Wildman–Crippen LogP) is 3.91. The maximum atomic E-state index is 12.8. The maximum Gasteiger partial charge on any atom is 0.310 e. The molecule has 2 rings (SSSR count). The number of nitrogens with two attached hydrogens (primary N) is 1. The Hall–Kier alpha value is -3.62. The minimum absolute atomic E-state index is 0.0313. The molecule has 0 atom stereocenters. The number of nitro groups is 1. The van der Waals surface area contributed by atoms with Gasteiger partial charge in [-0.25, -0.2) is 0 Å². The molecule has 160 valence electrons. The number of anilines is 1. The second-order valence-electron chi connectivity index (χ2n) is 6.84. The highest BCUT2D eigenvalue weighted by molar-refractivity contribution is 6.06. The Bertz CT molecular complexity index is 942. The molecule has 2 aromatic carbocycles. The van der Waals surface area contributed by atoms with Gasteiger partial charge in [-0.05, 0) is 44.5 Å². The molecule has 30 heavy (non-hydrogen) atoms. The van der Waals surface area contributed by atoms with Crippen molar-refractivity contribution in [1.29, 1.82) is 0 Å². The zero-order chi connectivity index (χ0) is 22.3. The third-order valence-corrected chi connectivity index (χ3v) is 4.05. The molecule has 0 radical (unpaired) electrons. The van der Waals surface area contributed by atoms with Crippen molar-refractivity contribution in [1.82, 2.24) is 0 Å². The van der Waals surface area contributed by atoms with Crippen molar-refractivity contribution in [2.75, 3.05) is 11.9 Å². The predicted molar refractivity (Wildman–Crippen MR) is 112 cm³/mol. The van der Waals surface area contributed by atoms with Crippen molar-refractivity contribution < 1.29 is 24.0 Å². The molecule has 0 aliphatic carbocycles. The number of amides is 2. The zero-order valence-electron chi connectivity index (χ0n) is 17.1. The second-order valence-corrected chi connectivity index (χ2v) is 6.84. The van der Waals surface area contributed by atoms with E-state index in [0.29, 0.717) is 12.3 Å². The first-order valence-corrected chi connectivity index (χ1v) is 9.56. The molecule has 0 aliphatic heterocycles. The lowest BCUT2D eigenvalue weighted by molar-refractivity contribution is -0.385. The van der Waals surface area contributed by atoms with Crippen LogP contribution < -0.4 is 20.5 Å². The van der Waals surface area contributed by atoms with Gasteiger partial charge in [0.25, 0.3) is 5.91 Å². The molecular formula is C21H25N3O6. The molecule has 0 spiro atoms. The highest BCUT2D eigenvalue weighted by Gasteiger charge is 2.19. The normalized spacial score (nSPS) is 10.5. The first-order chi connectivity index (χ1) is 14.2. The number of primary amides is 1. The lowest BCUT2D eigenvalue weighted by Gasteiger charge is -2.16. The van der Waals surface area contributed by atoms with E-state index in [-0.39, 0.29) is 34.4 Å². The van der Waals surface area contributed by atoms with Gasteiger partial charge in [0, 0.05) is 23.3 Å². The largest absolute Gasteiger partial charge is 0.489 e.